The molecule has 0 aliphatic carbocycles. The number of nitrogens with one attached hydrogen (secondary N) is 2. The molecule has 0 radical (unpaired) electrons. The Morgan fingerprint density at radius 2 is 2.10 bits per heavy atom. The molecule has 0 bridgehead atoms. The lowest BCUT2D eigenvalue weighted by Gasteiger charge is -2.08. The molecule has 0 fully saturated rings. The number of carbonyl (C=O) groups is 2. The van der Waals surface area contributed by atoms with Gasteiger partial charge in [-0.15, -0.1) is 10.2 Å². The van der Waals surface area contributed by atoms with Crippen molar-refractivity contribution >= 4 is 50.1 Å². The standard InChI is InChI=1S/C12H11BrN4O3S/c1-2-9-16-17-12(21-9)15-11(20)14-8-5-6(13)3-4-7(8)10(18)19/h3-5H,2H2,1H3,(H,18,19)(H2,14,15,17,20). The Labute approximate surface area is 132 Å². The normalized spacial score (nSPS) is 10.2. The molecular weight excluding hydrogens is 360 g/mol. The number of anilines is 2. The van der Waals surface area contributed by atoms with Crippen molar-refractivity contribution in [2.75, 3.05) is 10.6 Å². The van der Waals surface area contributed by atoms with E-state index in [9.17, 15) is 9.59 Å². The number of carboxylic acids is 1. The number of rotatable bonds is 4. The Morgan fingerprint density at radius 3 is 2.71 bits per heavy atom. The van der Waals surface area contributed by atoms with E-state index in [4.69, 9.17) is 5.11 Å². The molecule has 3 N–H and O–H groups in total. The van der Waals surface area contributed by atoms with Gasteiger partial charge in [0.15, 0.2) is 0 Å². The molecule has 2 amide bonds. The first-order chi connectivity index (χ1) is 9.99. The highest BCUT2D eigenvalue weighted by molar-refractivity contribution is 9.10. The molecule has 1 aromatic carbocycles. The van der Waals surface area contributed by atoms with Gasteiger partial charge in [0.2, 0.25) is 5.13 Å². The number of hydrogen-bond acceptors (Lipinski definition) is 5. The van der Waals surface area contributed by atoms with Gasteiger partial charge in [-0.25, -0.2) is 9.59 Å². The quantitative estimate of drug-likeness (QED) is 0.766. The molecule has 9 heteroatoms. The van der Waals surface area contributed by atoms with E-state index in [0.29, 0.717) is 9.60 Å². The molecule has 7 nitrogen and oxygen atoms in total. The van der Waals surface area contributed by atoms with Crippen molar-refractivity contribution in [3.63, 3.8) is 0 Å². The van der Waals surface area contributed by atoms with Crippen LogP contribution < -0.4 is 10.6 Å². The molecule has 1 aromatic heterocycles. The van der Waals surface area contributed by atoms with Gasteiger partial charge in [-0.2, -0.15) is 0 Å². The fourth-order valence-electron chi connectivity index (χ4n) is 1.50. The van der Waals surface area contributed by atoms with Crippen LogP contribution in [0.4, 0.5) is 15.6 Å². The van der Waals surface area contributed by atoms with Gasteiger partial charge in [0.1, 0.15) is 5.01 Å². The maximum Gasteiger partial charge on any atom is 0.337 e. The zero-order valence-electron chi connectivity index (χ0n) is 10.9. The molecule has 21 heavy (non-hydrogen) atoms. The summed E-state index contributed by atoms with van der Waals surface area (Å²) in [6.07, 6.45) is 0.732. The molecule has 0 saturated heterocycles. The van der Waals surface area contributed by atoms with Crippen molar-refractivity contribution in [3.8, 4) is 0 Å². The number of amides is 2. The molecule has 2 aromatic rings. The Bertz CT molecular complexity index is 689. The van der Waals surface area contributed by atoms with E-state index in [0.717, 1.165) is 11.4 Å². The van der Waals surface area contributed by atoms with Gasteiger partial charge in [0, 0.05) is 4.47 Å². The molecule has 0 unspecified atom stereocenters. The maximum absolute atomic E-state index is 11.9. The SMILES string of the molecule is CCc1nnc(NC(=O)Nc2cc(Br)ccc2C(=O)O)s1. The van der Waals surface area contributed by atoms with Crippen LogP contribution in [0.25, 0.3) is 0 Å². The highest BCUT2D eigenvalue weighted by Gasteiger charge is 2.14. The second kappa shape index (κ2) is 6.64. The number of aryl methyl sites for hydroxylation is 1. The van der Waals surface area contributed by atoms with Gasteiger partial charge in [0.25, 0.3) is 0 Å². The van der Waals surface area contributed by atoms with E-state index in [1.807, 2.05) is 6.92 Å². The largest absolute Gasteiger partial charge is 0.478 e. The molecule has 0 atom stereocenters. The number of aromatic carboxylic acids is 1. The Kier molecular flexibility index (Phi) is 4.86. The van der Waals surface area contributed by atoms with Gasteiger partial charge in [-0.1, -0.05) is 34.2 Å². The van der Waals surface area contributed by atoms with Crippen molar-refractivity contribution in [1.29, 1.82) is 0 Å². The van der Waals surface area contributed by atoms with E-state index < -0.39 is 12.0 Å². The second-order valence-corrected chi connectivity index (χ2v) is 5.91. The third kappa shape index (κ3) is 3.99. The van der Waals surface area contributed by atoms with Crippen LogP contribution in [0.15, 0.2) is 22.7 Å². The van der Waals surface area contributed by atoms with Gasteiger partial charge in [-0.3, -0.25) is 5.32 Å². The minimum atomic E-state index is -1.12. The van der Waals surface area contributed by atoms with Gasteiger partial charge in [0.05, 0.1) is 11.3 Å². The first kappa shape index (κ1) is 15.4. The molecular formula is C12H11BrN4O3S. The van der Waals surface area contributed by atoms with Crippen LogP contribution in [0.3, 0.4) is 0 Å². The van der Waals surface area contributed by atoms with Crippen molar-refractivity contribution in [2.24, 2.45) is 0 Å². The van der Waals surface area contributed by atoms with Crippen LogP contribution >= 0.6 is 27.3 Å². The van der Waals surface area contributed by atoms with E-state index in [1.165, 1.54) is 23.5 Å². The summed E-state index contributed by atoms with van der Waals surface area (Å²) in [6, 6.07) is 3.93. The molecule has 0 aliphatic rings. The first-order valence-electron chi connectivity index (χ1n) is 5.92. The summed E-state index contributed by atoms with van der Waals surface area (Å²) in [7, 11) is 0. The topological polar surface area (TPSA) is 104 Å². The number of carbonyl (C=O) groups excluding carboxylic acids is 1. The van der Waals surface area contributed by atoms with Crippen LogP contribution in [0.1, 0.15) is 22.3 Å². The zero-order valence-corrected chi connectivity index (χ0v) is 13.3. The third-order valence-electron chi connectivity index (χ3n) is 2.45. The van der Waals surface area contributed by atoms with Crippen LogP contribution in [0.2, 0.25) is 0 Å². The second-order valence-electron chi connectivity index (χ2n) is 3.93. The summed E-state index contributed by atoms with van der Waals surface area (Å²) in [4.78, 5) is 23.0. The molecule has 0 saturated carbocycles. The first-order valence-corrected chi connectivity index (χ1v) is 7.53. The average Bonchev–Trinajstić information content (AvgIpc) is 2.85. The predicted molar refractivity (Wildman–Crippen MR) is 83.0 cm³/mol. The highest BCUT2D eigenvalue weighted by atomic mass is 79.9. The van der Waals surface area contributed by atoms with E-state index in [1.54, 1.807) is 6.07 Å². The lowest BCUT2D eigenvalue weighted by Crippen LogP contribution is -2.21. The average molecular weight is 371 g/mol. The Hall–Kier alpha value is -2.00. The molecule has 1 heterocycles. The molecule has 110 valence electrons. The van der Waals surface area contributed by atoms with Crippen LogP contribution in [0.5, 0.6) is 0 Å². The zero-order chi connectivity index (χ0) is 15.4. The van der Waals surface area contributed by atoms with Crippen LogP contribution in [-0.4, -0.2) is 27.3 Å². The lowest BCUT2D eigenvalue weighted by atomic mass is 10.2. The number of carboxylic acid groups (broad SMARTS) is 1. The van der Waals surface area contributed by atoms with E-state index in [2.05, 4.69) is 36.8 Å². The van der Waals surface area contributed by atoms with E-state index in [-0.39, 0.29) is 11.3 Å². The van der Waals surface area contributed by atoms with Crippen molar-refractivity contribution in [3.05, 3.63) is 33.2 Å². The van der Waals surface area contributed by atoms with E-state index >= 15 is 0 Å². The molecule has 0 aliphatic heterocycles. The number of nitrogens with zero attached hydrogens (tertiary/aromatic N) is 2. The summed E-state index contributed by atoms with van der Waals surface area (Å²) in [5.41, 5.74) is 0.189. The summed E-state index contributed by atoms with van der Waals surface area (Å²) in [5, 5.41) is 22.9. The number of hydrogen-bond donors (Lipinski definition) is 3. The minimum Gasteiger partial charge on any atom is -0.478 e. The van der Waals surface area contributed by atoms with Gasteiger partial charge in [-0.05, 0) is 24.6 Å². The van der Waals surface area contributed by atoms with Crippen molar-refractivity contribution in [2.45, 2.75) is 13.3 Å². The predicted octanol–water partition coefficient (Wildman–Crippen LogP) is 3.21. The third-order valence-corrected chi connectivity index (χ3v) is 3.93. The van der Waals surface area contributed by atoms with Gasteiger partial charge < -0.3 is 10.4 Å². The van der Waals surface area contributed by atoms with Gasteiger partial charge >= 0.3 is 12.0 Å². The summed E-state index contributed by atoms with van der Waals surface area (Å²) in [5.74, 6) is -1.12. The summed E-state index contributed by atoms with van der Waals surface area (Å²) in [6.45, 7) is 1.94. The monoisotopic (exact) mass is 370 g/mol. The fourth-order valence-corrected chi connectivity index (χ4v) is 2.54. The van der Waals surface area contributed by atoms with Crippen LogP contribution in [0, 0.1) is 0 Å². The summed E-state index contributed by atoms with van der Waals surface area (Å²) >= 11 is 4.50. The van der Waals surface area contributed by atoms with Crippen molar-refractivity contribution < 1.29 is 14.7 Å². The maximum atomic E-state index is 11.9. The molecule has 0 spiro atoms. The lowest BCUT2D eigenvalue weighted by molar-refractivity contribution is 0.0698. The smallest absolute Gasteiger partial charge is 0.337 e. The fraction of sp³-hybridized carbons (Fsp3) is 0.167. The number of halogens is 1. The molecule has 2 rings (SSSR count). The highest BCUT2D eigenvalue weighted by Crippen LogP contribution is 2.22. The minimum absolute atomic E-state index is 0.000129. The number of benzene rings is 1. The Morgan fingerprint density at radius 1 is 1.33 bits per heavy atom. The van der Waals surface area contributed by atoms with Crippen LogP contribution in [-0.2, 0) is 6.42 Å². The Balaban J connectivity index is 2.12. The van der Waals surface area contributed by atoms with Crippen molar-refractivity contribution in [1.82, 2.24) is 10.2 Å². The number of aromatic nitrogens is 2. The number of urea groups is 1. The summed E-state index contributed by atoms with van der Waals surface area (Å²) < 4.78 is 0.659.